The van der Waals surface area contributed by atoms with Crippen molar-refractivity contribution in [1.29, 1.82) is 0 Å². The highest BCUT2D eigenvalue weighted by Gasteiger charge is 2.14. The number of rotatable bonds is 6. The van der Waals surface area contributed by atoms with E-state index in [9.17, 15) is 9.59 Å². The highest BCUT2D eigenvalue weighted by atomic mass is 35.5. The number of carbonyl (C=O) groups excluding carboxylic acids is 2. The van der Waals surface area contributed by atoms with E-state index in [1.54, 1.807) is 0 Å². The van der Waals surface area contributed by atoms with Crippen molar-refractivity contribution in [2.75, 3.05) is 11.9 Å². The molecule has 0 heterocycles. The number of hydrogen-bond acceptors (Lipinski definition) is 3. The van der Waals surface area contributed by atoms with Crippen LogP contribution in [0.2, 0.25) is 10.0 Å². The first-order chi connectivity index (χ1) is 11.9. The summed E-state index contributed by atoms with van der Waals surface area (Å²) in [6.45, 7) is 3.80. The third-order valence-corrected chi connectivity index (χ3v) is 4.61. The van der Waals surface area contributed by atoms with Gasteiger partial charge in [-0.25, -0.2) is 4.79 Å². The monoisotopic (exact) mass is 379 g/mol. The topological polar surface area (TPSA) is 55.4 Å². The van der Waals surface area contributed by atoms with E-state index in [4.69, 9.17) is 27.9 Å². The Morgan fingerprint density at radius 2 is 1.84 bits per heavy atom. The number of benzene rings is 2. The summed E-state index contributed by atoms with van der Waals surface area (Å²) < 4.78 is 5.03. The van der Waals surface area contributed by atoms with E-state index in [0.717, 1.165) is 17.7 Å². The van der Waals surface area contributed by atoms with Gasteiger partial charge in [-0.15, -0.1) is 0 Å². The van der Waals surface area contributed by atoms with Crippen LogP contribution < -0.4 is 5.32 Å². The van der Waals surface area contributed by atoms with Crippen molar-refractivity contribution in [3.05, 3.63) is 63.6 Å². The van der Waals surface area contributed by atoms with Gasteiger partial charge >= 0.3 is 5.97 Å². The zero-order valence-corrected chi connectivity index (χ0v) is 15.5. The second kappa shape index (κ2) is 8.88. The van der Waals surface area contributed by atoms with Crippen LogP contribution in [-0.4, -0.2) is 18.5 Å². The van der Waals surface area contributed by atoms with Gasteiger partial charge in [0.1, 0.15) is 0 Å². The van der Waals surface area contributed by atoms with Gasteiger partial charge in [0.25, 0.3) is 5.91 Å². The summed E-state index contributed by atoms with van der Waals surface area (Å²) in [4.78, 5) is 24.1. The number of hydrogen-bond donors (Lipinski definition) is 1. The van der Waals surface area contributed by atoms with Crippen molar-refractivity contribution in [2.45, 2.75) is 26.2 Å². The number of halogens is 2. The van der Waals surface area contributed by atoms with Gasteiger partial charge in [-0.05, 0) is 42.2 Å². The zero-order valence-electron chi connectivity index (χ0n) is 14.0. The molecule has 0 unspecified atom stereocenters. The van der Waals surface area contributed by atoms with E-state index >= 15 is 0 Å². The number of para-hydroxylation sites is 1. The van der Waals surface area contributed by atoms with E-state index in [-0.39, 0.29) is 17.2 Å². The molecule has 0 aliphatic heterocycles. The normalized spacial score (nSPS) is 11.7. The Bertz CT molecular complexity index is 777. The molecule has 1 atom stereocenters. The first-order valence-corrected chi connectivity index (χ1v) is 8.69. The largest absolute Gasteiger partial charge is 0.452 e. The van der Waals surface area contributed by atoms with Crippen molar-refractivity contribution in [3.63, 3.8) is 0 Å². The number of anilines is 1. The van der Waals surface area contributed by atoms with E-state index in [1.165, 1.54) is 18.2 Å². The van der Waals surface area contributed by atoms with Gasteiger partial charge in [0.05, 0.1) is 15.6 Å². The van der Waals surface area contributed by atoms with Gasteiger partial charge in [0.2, 0.25) is 0 Å². The van der Waals surface area contributed by atoms with Crippen LogP contribution in [0.1, 0.15) is 42.1 Å². The van der Waals surface area contributed by atoms with Crippen LogP contribution in [0, 0.1) is 0 Å². The molecule has 0 aliphatic carbocycles. The van der Waals surface area contributed by atoms with E-state index < -0.39 is 11.9 Å². The van der Waals surface area contributed by atoms with Gasteiger partial charge in [-0.3, -0.25) is 4.79 Å². The van der Waals surface area contributed by atoms with Gasteiger partial charge in [0, 0.05) is 5.69 Å². The molecule has 2 rings (SSSR count). The minimum atomic E-state index is -0.635. The molecule has 0 fully saturated rings. The maximum atomic E-state index is 12.1. The summed E-state index contributed by atoms with van der Waals surface area (Å²) in [6.07, 6.45) is 0.958. The Kier molecular flexibility index (Phi) is 6.85. The average molecular weight is 380 g/mol. The summed E-state index contributed by atoms with van der Waals surface area (Å²) in [5.41, 5.74) is 2.02. The summed E-state index contributed by atoms with van der Waals surface area (Å²) in [7, 11) is 0. The molecule has 6 heteroatoms. The van der Waals surface area contributed by atoms with Crippen LogP contribution >= 0.6 is 23.2 Å². The molecule has 132 valence electrons. The maximum absolute atomic E-state index is 12.1. The van der Waals surface area contributed by atoms with Crippen LogP contribution in [0.25, 0.3) is 0 Å². The summed E-state index contributed by atoms with van der Waals surface area (Å²) in [6, 6.07) is 12.0. The molecule has 2 aromatic rings. The average Bonchev–Trinajstić information content (AvgIpc) is 2.61. The molecule has 0 radical (unpaired) electrons. The third kappa shape index (κ3) is 5.21. The molecule has 4 nitrogen and oxygen atoms in total. The van der Waals surface area contributed by atoms with Gasteiger partial charge in [0.15, 0.2) is 6.61 Å². The molecule has 0 saturated carbocycles. The molecule has 0 saturated heterocycles. The molecule has 0 aromatic heterocycles. The number of carbonyl (C=O) groups is 2. The van der Waals surface area contributed by atoms with Crippen molar-refractivity contribution in [2.24, 2.45) is 0 Å². The summed E-state index contributed by atoms with van der Waals surface area (Å²) in [5.74, 6) is -0.719. The second-order valence-corrected chi connectivity index (χ2v) is 6.46. The third-order valence-electron chi connectivity index (χ3n) is 3.87. The Morgan fingerprint density at radius 1 is 1.12 bits per heavy atom. The highest BCUT2D eigenvalue weighted by Crippen LogP contribution is 2.26. The molecule has 0 bridgehead atoms. The number of nitrogens with one attached hydrogen (secondary N) is 1. The number of amides is 1. The Hall–Kier alpha value is -2.04. The molecule has 1 N–H and O–H groups in total. The first kappa shape index (κ1) is 19.3. The predicted octanol–water partition coefficient (Wildman–Crippen LogP) is 5.30. The quantitative estimate of drug-likeness (QED) is 0.692. The van der Waals surface area contributed by atoms with Gasteiger partial charge in [-0.2, -0.15) is 0 Å². The van der Waals surface area contributed by atoms with Crippen LogP contribution in [-0.2, 0) is 9.53 Å². The lowest BCUT2D eigenvalue weighted by molar-refractivity contribution is -0.119. The van der Waals surface area contributed by atoms with Crippen LogP contribution in [0.3, 0.4) is 0 Å². The molecule has 0 spiro atoms. The first-order valence-electron chi connectivity index (χ1n) is 7.93. The standard InChI is InChI=1S/C19H19Cl2NO3/c1-3-12(2)14-6-4-5-7-17(14)22-18(23)11-25-19(24)13-8-9-15(20)16(21)10-13/h4-10,12H,3,11H2,1-2H3,(H,22,23)/t12-/m1/s1. The number of esters is 1. The predicted molar refractivity (Wildman–Crippen MR) is 101 cm³/mol. The molecular formula is C19H19Cl2NO3. The molecule has 1 amide bonds. The molecular weight excluding hydrogens is 361 g/mol. The van der Waals surface area contributed by atoms with Crippen molar-refractivity contribution in [1.82, 2.24) is 0 Å². The summed E-state index contributed by atoms with van der Waals surface area (Å²) >= 11 is 11.7. The van der Waals surface area contributed by atoms with Crippen molar-refractivity contribution in [3.8, 4) is 0 Å². The van der Waals surface area contributed by atoms with Crippen molar-refractivity contribution < 1.29 is 14.3 Å². The van der Waals surface area contributed by atoms with E-state index in [1.807, 2.05) is 24.3 Å². The van der Waals surface area contributed by atoms with E-state index in [0.29, 0.717) is 10.9 Å². The van der Waals surface area contributed by atoms with Crippen LogP contribution in [0.15, 0.2) is 42.5 Å². The smallest absolute Gasteiger partial charge is 0.338 e. The Labute approximate surface area is 157 Å². The fourth-order valence-corrected chi connectivity index (χ4v) is 2.58. The second-order valence-electron chi connectivity index (χ2n) is 5.65. The number of ether oxygens (including phenoxy) is 1. The summed E-state index contributed by atoms with van der Waals surface area (Å²) in [5, 5.41) is 3.39. The molecule has 25 heavy (non-hydrogen) atoms. The molecule has 2 aromatic carbocycles. The SMILES string of the molecule is CC[C@@H](C)c1ccccc1NC(=O)COC(=O)c1ccc(Cl)c(Cl)c1. The van der Waals surface area contributed by atoms with Gasteiger partial charge < -0.3 is 10.1 Å². The van der Waals surface area contributed by atoms with Gasteiger partial charge in [-0.1, -0.05) is 55.2 Å². The minimum Gasteiger partial charge on any atom is -0.452 e. The maximum Gasteiger partial charge on any atom is 0.338 e. The van der Waals surface area contributed by atoms with Crippen molar-refractivity contribution >= 4 is 40.8 Å². The van der Waals surface area contributed by atoms with E-state index in [2.05, 4.69) is 19.2 Å². The van der Waals surface area contributed by atoms with Crippen LogP contribution in [0.5, 0.6) is 0 Å². The van der Waals surface area contributed by atoms with Crippen LogP contribution in [0.4, 0.5) is 5.69 Å². The fourth-order valence-electron chi connectivity index (χ4n) is 2.28. The lowest BCUT2D eigenvalue weighted by Gasteiger charge is -2.15. The minimum absolute atomic E-state index is 0.238. The molecule has 0 aliphatic rings. The lowest BCUT2D eigenvalue weighted by atomic mass is 9.97. The Balaban J connectivity index is 1.97. The fraction of sp³-hybridized carbons (Fsp3) is 0.263. The highest BCUT2D eigenvalue weighted by molar-refractivity contribution is 6.42. The Morgan fingerprint density at radius 3 is 2.52 bits per heavy atom. The lowest BCUT2D eigenvalue weighted by Crippen LogP contribution is -2.21. The zero-order chi connectivity index (χ0) is 18.4.